The number of nitrogens with zero attached hydrogens (tertiary/aromatic N) is 3. The number of hydrogen-bond acceptors (Lipinski definition) is 7. The van der Waals surface area contributed by atoms with Crippen LogP contribution < -0.4 is 9.64 Å². The molecule has 0 saturated carbocycles. The Labute approximate surface area is 238 Å². The van der Waals surface area contributed by atoms with Crippen molar-refractivity contribution < 1.29 is 14.9 Å². The first-order chi connectivity index (χ1) is 18.8. The van der Waals surface area contributed by atoms with Crippen LogP contribution in [0.15, 0.2) is 78.0 Å². The molecule has 0 unspecified atom stereocenters. The molecule has 0 amide bonds. The molecular weight excluding hydrogens is 514 g/mol. The van der Waals surface area contributed by atoms with Gasteiger partial charge in [0.25, 0.3) is 0 Å². The third-order valence-corrected chi connectivity index (χ3v) is 6.59. The highest BCUT2D eigenvalue weighted by molar-refractivity contribution is 6.33. The Morgan fingerprint density at radius 1 is 0.974 bits per heavy atom. The molecular formula is C31H42ClN3O4. The highest BCUT2D eigenvalue weighted by Gasteiger charge is 2.28. The Morgan fingerprint density at radius 3 is 2.13 bits per heavy atom. The van der Waals surface area contributed by atoms with Crippen LogP contribution in [0.4, 0.5) is 5.69 Å². The molecule has 3 aromatic rings. The van der Waals surface area contributed by atoms with Gasteiger partial charge in [0.15, 0.2) is 0 Å². The van der Waals surface area contributed by atoms with Crippen LogP contribution in [0.5, 0.6) is 5.75 Å². The summed E-state index contributed by atoms with van der Waals surface area (Å²) in [6.07, 6.45) is 0. The number of rotatable bonds is 9. The first-order valence-corrected chi connectivity index (χ1v) is 13.8. The summed E-state index contributed by atoms with van der Waals surface area (Å²) in [5, 5.41) is 23.4. The van der Waals surface area contributed by atoms with Crippen molar-refractivity contribution in [3.8, 4) is 5.75 Å². The van der Waals surface area contributed by atoms with Gasteiger partial charge in [0.05, 0.1) is 22.9 Å². The van der Waals surface area contributed by atoms with Gasteiger partial charge >= 0.3 is 0 Å². The maximum Gasteiger partial charge on any atom is 0.121 e. The summed E-state index contributed by atoms with van der Waals surface area (Å²) in [7, 11) is 0. The Morgan fingerprint density at radius 2 is 1.62 bits per heavy atom. The van der Waals surface area contributed by atoms with Gasteiger partial charge in [-0.05, 0) is 37.1 Å². The van der Waals surface area contributed by atoms with Crippen molar-refractivity contribution >= 4 is 17.3 Å². The van der Waals surface area contributed by atoms with E-state index in [-0.39, 0.29) is 19.8 Å². The molecule has 2 N–H and O–H groups in total. The largest absolute Gasteiger partial charge is 0.491 e. The van der Waals surface area contributed by atoms with E-state index in [0.29, 0.717) is 17.3 Å². The van der Waals surface area contributed by atoms with Gasteiger partial charge in [-0.1, -0.05) is 90.8 Å². The van der Waals surface area contributed by atoms with Gasteiger partial charge in [-0.25, -0.2) is 0 Å². The van der Waals surface area contributed by atoms with E-state index in [4.69, 9.17) is 21.4 Å². The Hall–Kier alpha value is -2.97. The third kappa shape index (κ3) is 10.6. The number of piperazine rings is 1. The summed E-state index contributed by atoms with van der Waals surface area (Å²) in [5.74, 6) is 0.641. The van der Waals surface area contributed by atoms with Crippen LogP contribution in [-0.2, 0) is 12.1 Å². The molecule has 1 saturated heterocycles. The molecule has 1 aliphatic rings. The lowest BCUT2D eigenvalue weighted by Crippen LogP contribution is -2.50. The molecule has 1 atom stereocenters. The zero-order valence-corrected chi connectivity index (χ0v) is 24.3. The van der Waals surface area contributed by atoms with Crippen LogP contribution >= 0.6 is 11.6 Å². The molecule has 1 fully saturated rings. The maximum atomic E-state index is 11.0. The van der Waals surface area contributed by atoms with E-state index in [1.54, 1.807) is 6.07 Å². The molecule has 212 valence electrons. The van der Waals surface area contributed by atoms with E-state index >= 15 is 0 Å². The Bertz CT molecular complexity index is 1100. The van der Waals surface area contributed by atoms with E-state index in [0.717, 1.165) is 43.0 Å². The standard InChI is InChI=1S/C22H28ClN3O4.C7H8.C2H6/c1-22(28,18-4-2-17(3-5-18)15-24-29)16-25-8-10-26(11-9-25)21-7-6-19(14-20(21)23)30-13-12-27;1-7-5-3-2-4-6-7;1-2/h2-7,14,27-28H,8-13,15-16H2,1H3;2-6H,1H3;1-2H3/t22-;;/m1../s1. The number of β-amino-alcohol motifs (C(OH)–C–C–N with tert-alkyl or cyclic N) is 1. The van der Waals surface area contributed by atoms with E-state index in [2.05, 4.69) is 34.0 Å². The van der Waals surface area contributed by atoms with Crippen LogP contribution in [0.2, 0.25) is 5.02 Å². The van der Waals surface area contributed by atoms with Gasteiger partial charge < -0.3 is 19.8 Å². The van der Waals surface area contributed by atoms with Crippen LogP contribution in [0.3, 0.4) is 0 Å². The molecule has 0 radical (unpaired) electrons. The second-order valence-corrected chi connectivity index (χ2v) is 9.77. The predicted octanol–water partition coefficient (Wildman–Crippen LogP) is 6.03. The van der Waals surface area contributed by atoms with Gasteiger partial charge in [0.2, 0.25) is 0 Å². The van der Waals surface area contributed by atoms with Crippen molar-refractivity contribution in [2.24, 2.45) is 5.18 Å². The van der Waals surface area contributed by atoms with Crippen molar-refractivity contribution in [3.05, 3.63) is 99.4 Å². The van der Waals surface area contributed by atoms with Gasteiger partial charge in [0, 0.05) is 38.8 Å². The molecule has 1 aliphatic heterocycles. The first kappa shape index (κ1) is 32.2. The normalized spacial score (nSPS) is 14.7. The highest BCUT2D eigenvalue weighted by atomic mass is 35.5. The van der Waals surface area contributed by atoms with Crippen molar-refractivity contribution in [1.29, 1.82) is 0 Å². The number of aliphatic hydroxyl groups excluding tert-OH is 1. The summed E-state index contributed by atoms with van der Waals surface area (Å²) in [4.78, 5) is 14.9. The number of anilines is 1. The second-order valence-electron chi connectivity index (χ2n) is 9.36. The van der Waals surface area contributed by atoms with Gasteiger partial charge in [-0.2, -0.15) is 4.91 Å². The topological polar surface area (TPSA) is 85.6 Å². The lowest BCUT2D eigenvalue weighted by atomic mass is 9.94. The summed E-state index contributed by atoms with van der Waals surface area (Å²) in [6.45, 7) is 12.0. The fourth-order valence-corrected chi connectivity index (χ4v) is 4.54. The monoisotopic (exact) mass is 555 g/mol. The minimum absolute atomic E-state index is 0.0365. The number of aryl methyl sites for hydroxylation is 1. The third-order valence-electron chi connectivity index (χ3n) is 6.29. The molecule has 4 rings (SSSR count). The maximum absolute atomic E-state index is 11.0. The molecule has 3 aromatic carbocycles. The molecule has 0 aliphatic carbocycles. The number of hydrogen-bond donors (Lipinski definition) is 2. The molecule has 0 aromatic heterocycles. The summed E-state index contributed by atoms with van der Waals surface area (Å²) >= 11 is 6.44. The van der Waals surface area contributed by atoms with E-state index < -0.39 is 5.60 Å². The smallest absolute Gasteiger partial charge is 0.121 e. The van der Waals surface area contributed by atoms with E-state index in [1.807, 2.05) is 75.4 Å². The summed E-state index contributed by atoms with van der Waals surface area (Å²) < 4.78 is 5.40. The lowest BCUT2D eigenvalue weighted by Gasteiger charge is -2.39. The number of ether oxygens (including phenoxy) is 1. The number of halogens is 1. The van der Waals surface area contributed by atoms with Crippen molar-refractivity contribution in [3.63, 3.8) is 0 Å². The van der Waals surface area contributed by atoms with Crippen LogP contribution in [0, 0.1) is 11.8 Å². The van der Waals surface area contributed by atoms with Crippen molar-refractivity contribution in [2.75, 3.05) is 50.8 Å². The van der Waals surface area contributed by atoms with Crippen molar-refractivity contribution in [2.45, 2.75) is 39.8 Å². The molecule has 0 bridgehead atoms. The molecule has 0 spiro atoms. The minimum atomic E-state index is -0.987. The second kappa shape index (κ2) is 16.9. The highest BCUT2D eigenvalue weighted by Crippen LogP contribution is 2.31. The van der Waals surface area contributed by atoms with Crippen molar-refractivity contribution in [1.82, 2.24) is 4.90 Å². The van der Waals surface area contributed by atoms with Crippen LogP contribution in [-0.4, -0.2) is 61.1 Å². The lowest BCUT2D eigenvalue weighted by molar-refractivity contribution is 0.0143. The molecule has 8 heteroatoms. The number of benzene rings is 3. The van der Waals surface area contributed by atoms with Gasteiger partial charge in [-0.15, -0.1) is 0 Å². The Kier molecular flexibility index (Phi) is 14.0. The average Bonchev–Trinajstić information content (AvgIpc) is 2.95. The SMILES string of the molecule is CC.C[C@@](O)(CN1CCN(c2ccc(OCCO)cc2Cl)CC1)c1ccc(CN=O)cc1.Cc1ccccc1. The summed E-state index contributed by atoms with van der Waals surface area (Å²) in [5.41, 5.74) is 2.95. The molecule has 1 heterocycles. The van der Waals surface area contributed by atoms with Crippen LogP contribution in [0.1, 0.15) is 37.5 Å². The Balaban J connectivity index is 0.000000507. The van der Waals surface area contributed by atoms with E-state index in [1.165, 1.54) is 5.56 Å². The predicted molar refractivity (Wildman–Crippen MR) is 161 cm³/mol. The molecule has 39 heavy (non-hydrogen) atoms. The molecule has 7 nitrogen and oxygen atoms in total. The van der Waals surface area contributed by atoms with Gasteiger partial charge in [-0.3, -0.25) is 4.90 Å². The number of nitroso groups, excluding NO2 is 1. The zero-order valence-electron chi connectivity index (χ0n) is 23.5. The van der Waals surface area contributed by atoms with Gasteiger partial charge in [0.1, 0.15) is 18.9 Å². The minimum Gasteiger partial charge on any atom is -0.491 e. The fraction of sp³-hybridized carbons (Fsp3) is 0.419. The number of aliphatic hydroxyl groups is 2. The average molecular weight is 556 g/mol. The fourth-order valence-electron chi connectivity index (χ4n) is 4.25. The van der Waals surface area contributed by atoms with Crippen LogP contribution in [0.25, 0.3) is 0 Å². The first-order valence-electron chi connectivity index (χ1n) is 13.5. The van der Waals surface area contributed by atoms with E-state index in [9.17, 15) is 10.0 Å². The summed E-state index contributed by atoms with van der Waals surface area (Å²) in [6, 6.07) is 23.2. The quantitative estimate of drug-likeness (QED) is 0.314. The zero-order chi connectivity index (χ0) is 28.7.